The summed E-state index contributed by atoms with van der Waals surface area (Å²) in [4.78, 5) is 10.2. The zero-order valence-electron chi connectivity index (χ0n) is 21.7. The summed E-state index contributed by atoms with van der Waals surface area (Å²) in [6.07, 6.45) is 12.4. The van der Waals surface area contributed by atoms with E-state index in [0.29, 0.717) is 0 Å². The monoisotopic (exact) mass is 468 g/mol. The zero-order chi connectivity index (χ0) is 23.8. The Morgan fingerprint density at radius 1 is 0.576 bits per heavy atom. The molecule has 0 fully saturated rings. The molecule has 2 atom stereocenters. The highest BCUT2D eigenvalue weighted by molar-refractivity contribution is 7.00. The third-order valence-electron chi connectivity index (χ3n) is 6.90. The topological polar surface area (TPSA) is 51.6 Å². The highest BCUT2D eigenvalue weighted by Gasteiger charge is 2.14. The Morgan fingerprint density at radius 2 is 1.00 bits per heavy atom. The average molecular weight is 469 g/mol. The summed E-state index contributed by atoms with van der Waals surface area (Å²) in [5.74, 6) is 3.06. The van der Waals surface area contributed by atoms with Crippen molar-refractivity contribution in [1.82, 2.24) is 18.7 Å². The fourth-order valence-corrected chi connectivity index (χ4v) is 5.12. The average Bonchev–Trinajstić information content (AvgIpc) is 3.21. The van der Waals surface area contributed by atoms with Crippen LogP contribution in [0.4, 0.5) is 0 Å². The SMILES string of the molecule is CC(C)CCCC(C)CCc1nc2cc3nsnc3cc2nc1CCC(C)CCCC(C)C. The molecule has 0 aliphatic rings. The highest BCUT2D eigenvalue weighted by atomic mass is 32.1. The second-order valence-corrected chi connectivity index (χ2v) is 11.7. The van der Waals surface area contributed by atoms with E-state index in [2.05, 4.69) is 62.4 Å². The molecule has 182 valence electrons. The van der Waals surface area contributed by atoms with Crippen LogP contribution in [0, 0.1) is 23.7 Å². The molecule has 0 aliphatic heterocycles. The molecule has 0 amide bonds. The van der Waals surface area contributed by atoms with Gasteiger partial charge in [0.05, 0.1) is 34.1 Å². The number of aryl methyl sites for hydroxylation is 2. The number of rotatable bonds is 14. The quantitative estimate of drug-likeness (QED) is 0.238. The maximum absolute atomic E-state index is 5.12. The lowest BCUT2D eigenvalue weighted by Crippen LogP contribution is -2.08. The minimum absolute atomic E-state index is 0.731. The van der Waals surface area contributed by atoms with Gasteiger partial charge < -0.3 is 0 Å². The van der Waals surface area contributed by atoms with Crippen molar-refractivity contribution in [2.24, 2.45) is 23.7 Å². The summed E-state index contributed by atoms with van der Waals surface area (Å²) in [6.45, 7) is 14.1. The normalized spacial score (nSPS) is 14.1. The van der Waals surface area contributed by atoms with E-state index in [1.54, 1.807) is 0 Å². The molecular formula is C28H44N4S. The lowest BCUT2D eigenvalue weighted by molar-refractivity contribution is 0.429. The Labute approximate surface area is 205 Å². The fraction of sp³-hybridized carbons (Fsp3) is 0.714. The van der Waals surface area contributed by atoms with E-state index in [1.807, 2.05) is 0 Å². The van der Waals surface area contributed by atoms with Crippen molar-refractivity contribution in [2.45, 2.75) is 106 Å². The fourth-order valence-electron chi connectivity index (χ4n) is 4.61. The standard InChI is InChI=1S/C28H44N4S/c1-19(2)9-7-11-21(5)13-15-23-24(16-14-22(6)12-8-10-20(3)4)30-26-18-28-27(31-33-32-28)17-25(26)29-23/h17-22H,7-16H2,1-6H3. The molecule has 0 aliphatic carbocycles. The van der Waals surface area contributed by atoms with Gasteiger partial charge in [-0.3, -0.25) is 0 Å². The Kier molecular flexibility index (Phi) is 10.0. The molecule has 0 radical (unpaired) electrons. The predicted molar refractivity (Wildman–Crippen MR) is 143 cm³/mol. The van der Waals surface area contributed by atoms with Crippen molar-refractivity contribution in [1.29, 1.82) is 0 Å². The second kappa shape index (κ2) is 12.7. The first-order chi connectivity index (χ1) is 15.8. The largest absolute Gasteiger partial charge is 0.249 e. The van der Waals surface area contributed by atoms with Crippen LogP contribution in [0.5, 0.6) is 0 Å². The van der Waals surface area contributed by atoms with Crippen molar-refractivity contribution in [3.8, 4) is 0 Å². The van der Waals surface area contributed by atoms with Crippen molar-refractivity contribution >= 4 is 33.8 Å². The van der Waals surface area contributed by atoms with Crippen LogP contribution in [0.15, 0.2) is 12.1 Å². The van der Waals surface area contributed by atoms with Crippen LogP contribution in [0.25, 0.3) is 22.1 Å². The molecule has 2 heterocycles. The van der Waals surface area contributed by atoms with Gasteiger partial charge >= 0.3 is 0 Å². The number of aromatic nitrogens is 4. The Balaban J connectivity index is 1.71. The first kappa shape index (κ1) is 26.0. The van der Waals surface area contributed by atoms with Crippen molar-refractivity contribution in [3.63, 3.8) is 0 Å². The van der Waals surface area contributed by atoms with Crippen LogP contribution < -0.4 is 0 Å². The zero-order valence-corrected chi connectivity index (χ0v) is 22.5. The van der Waals surface area contributed by atoms with Crippen LogP contribution in [-0.4, -0.2) is 18.7 Å². The van der Waals surface area contributed by atoms with Gasteiger partial charge in [0.15, 0.2) is 0 Å². The van der Waals surface area contributed by atoms with E-state index < -0.39 is 0 Å². The van der Waals surface area contributed by atoms with Crippen LogP contribution in [-0.2, 0) is 12.8 Å². The summed E-state index contributed by atoms with van der Waals surface area (Å²) >= 11 is 1.26. The number of hydrogen-bond acceptors (Lipinski definition) is 5. The van der Waals surface area contributed by atoms with Crippen molar-refractivity contribution in [3.05, 3.63) is 23.5 Å². The van der Waals surface area contributed by atoms with Crippen LogP contribution >= 0.6 is 11.7 Å². The second-order valence-electron chi connectivity index (χ2n) is 11.1. The van der Waals surface area contributed by atoms with E-state index in [0.717, 1.165) is 58.6 Å². The summed E-state index contributed by atoms with van der Waals surface area (Å²) in [5.41, 5.74) is 6.20. The third kappa shape index (κ3) is 8.27. The molecule has 3 rings (SSSR count). The van der Waals surface area contributed by atoms with Gasteiger partial charge in [0.2, 0.25) is 0 Å². The van der Waals surface area contributed by atoms with Gasteiger partial charge in [0.1, 0.15) is 11.0 Å². The summed E-state index contributed by atoms with van der Waals surface area (Å²) in [5, 5.41) is 0. The van der Waals surface area contributed by atoms with Crippen LogP contribution in [0.1, 0.15) is 104 Å². The molecular weight excluding hydrogens is 424 g/mol. The first-order valence-electron chi connectivity index (χ1n) is 13.2. The predicted octanol–water partition coefficient (Wildman–Crippen LogP) is 8.42. The van der Waals surface area contributed by atoms with E-state index in [4.69, 9.17) is 9.97 Å². The van der Waals surface area contributed by atoms with Gasteiger partial charge in [-0.05, 0) is 61.5 Å². The Hall–Kier alpha value is -1.62. The number of fused-ring (bicyclic) bond motifs is 2. The van der Waals surface area contributed by atoms with Gasteiger partial charge in [0.25, 0.3) is 0 Å². The lowest BCUT2D eigenvalue weighted by atomic mass is 9.93. The van der Waals surface area contributed by atoms with Crippen LogP contribution in [0.2, 0.25) is 0 Å². The van der Waals surface area contributed by atoms with Crippen molar-refractivity contribution in [2.75, 3.05) is 0 Å². The molecule has 33 heavy (non-hydrogen) atoms. The molecule has 0 bridgehead atoms. The number of hydrogen-bond donors (Lipinski definition) is 0. The maximum Gasteiger partial charge on any atom is 0.107 e. The van der Waals surface area contributed by atoms with Gasteiger partial charge in [-0.1, -0.05) is 80.1 Å². The Morgan fingerprint density at radius 3 is 1.39 bits per heavy atom. The molecule has 0 saturated heterocycles. The van der Waals surface area contributed by atoms with E-state index >= 15 is 0 Å². The number of benzene rings is 1. The van der Waals surface area contributed by atoms with E-state index in [1.165, 1.54) is 74.5 Å². The minimum Gasteiger partial charge on any atom is -0.249 e. The molecule has 3 aromatic rings. The molecule has 0 saturated carbocycles. The summed E-state index contributed by atoms with van der Waals surface area (Å²) in [7, 11) is 0. The van der Waals surface area contributed by atoms with Gasteiger partial charge in [-0.2, -0.15) is 8.75 Å². The smallest absolute Gasteiger partial charge is 0.107 e. The van der Waals surface area contributed by atoms with Gasteiger partial charge in [0, 0.05) is 0 Å². The lowest BCUT2D eigenvalue weighted by Gasteiger charge is -2.16. The molecule has 5 heteroatoms. The van der Waals surface area contributed by atoms with Gasteiger partial charge in [-0.15, -0.1) is 0 Å². The molecule has 2 aromatic heterocycles. The first-order valence-corrected chi connectivity index (χ1v) is 14.0. The van der Waals surface area contributed by atoms with E-state index in [9.17, 15) is 0 Å². The summed E-state index contributed by atoms with van der Waals surface area (Å²) < 4.78 is 8.81. The Bertz CT molecular complexity index is 917. The summed E-state index contributed by atoms with van der Waals surface area (Å²) in [6, 6.07) is 4.13. The maximum atomic E-state index is 5.12. The third-order valence-corrected chi connectivity index (χ3v) is 7.46. The molecule has 0 N–H and O–H groups in total. The molecule has 1 aromatic carbocycles. The molecule has 0 spiro atoms. The number of nitrogens with zero attached hydrogens (tertiary/aromatic N) is 4. The highest BCUT2D eigenvalue weighted by Crippen LogP contribution is 2.25. The minimum atomic E-state index is 0.731. The van der Waals surface area contributed by atoms with Crippen LogP contribution in [0.3, 0.4) is 0 Å². The van der Waals surface area contributed by atoms with E-state index in [-0.39, 0.29) is 0 Å². The molecule has 2 unspecified atom stereocenters. The van der Waals surface area contributed by atoms with Crippen molar-refractivity contribution < 1.29 is 0 Å². The van der Waals surface area contributed by atoms with Gasteiger partial charge in [-0.25, -0.2) is 9.97 Å². The molecule has 4 nitrogen and oxygen atoms in total.